The zero-order valence-electron chi connectivity index (χ0n) is 12.8. The van der Waals surface area contributed by atoms with Gasteiger partial charge in [0.25, 0.3) is 5.69 Å². The van der Waals surface area contributed by atoms with E-state index in [0.29, 0.717) is 12.0 Å². The Morgan fingerprint density at radius 2 is 1.79 bits per heavy atom. The van der Waals surface area contributed by atoms with Crippen LogP contribution in [-0.2, 0) is 16.0 Å². The van der Waals surface area contributed by atoms with Crippen molar-refractivity contribution in [3.05, 3.63) is 75.8 Å². The summed E-state index contributed by atoms with van der Waals surface area (Å²) in [6.45, 7) is 0.180. The largest absolute Gasteiger partial charge is 0.465 e. The van der Waals surface area contributed by atoms with Crippen molar-refractivity contribution < 1.29 is 19.2 Å². The summed E-state index contributed by atoms with van der Waals surface area (Å²) in [5, 5.41) is 10.7. The quantitative estimate of drug-likeness (QED) is 0.277. The van der Waals surface area contributed by atoms with Gasteiger partial charge in [0.1, 0.15) is 5.92 Å². The van der Waals surface area contributed by atoms with Crippen molar-refractivity contribution in [1.29, 1.82) is 0 Å². The first-order valence-electron chi connectivity index (χ1n) is 7.55. The minimum atomic E-state index is -0.831. The van der Waals surface area contributed by atoms with E-state index >= 15 is 0 Å². The zero-order valence-corrected chi connectivity index (χ0v) is 12.8. The molecule has 0 aromatic heterocycles. The van der Waals surface area contributed by atoms with E-state index in [1.807, 2.05) is 0 Å². The van der Waals surface area contributed by atoms with E-state index in [0.717, 1.165) is 5.56 Å². The summed E-state index contributed by atoms with van der Waals surface area (Å²) >= 11 is 0. The molecule has 0 aliphatic carbocycles. The second kappa shape index (κ2) is 6.62. The van der Waals surface area contributed by atoms with Crippen LogP contribution in [0.25, 0.3) is 0 Å². The molecule has 6 nitrogen and oxygen atoms in total. The van der Waals surface area contributed by atoms with Crippen molar-refractivity contribution >= 4 is 17.4 Å². The molecule has 0 bridgehead atoms. The standard InChI is InChI=1S/C18H15NO5/c20-17(13-4-2-1-3-5-13)16-14(11-24-18(16)21)10-12-6-8-15(9-7-12)19(22)23/h1-9,14,16H,10-11H2/t14-,16-/m0/s1. The molecule has 0 unspecified atom stereocenters. The number of cyclic esters (lactones) is 1. The lowest BCUT2D eigenvalue weighted by Gasteiger charge is -2.14. The first-order chi connectivity index (χ1) is 11.6. The van der Waals surface area contributed by atoms with Gasteiger partial charge < -0.3 is 4.74 Å². The van der Waals surface area contributed by atoms with Crippen LogP contribution in [0.15, 0.2) is 54.6 Å². The molecule has 0 amide bonds. The number of nitrogens with zero attached hydrogens (tertiary/aromatic N) is 1. The van der Waals surface area contributed by atoms with Crippen LogP contribution >= 0.6 is 0 Å². The van der Waals surface area contributed by atoms with Gasteiger partial charge in [-0.25, -0.2) is 0 Å². The van der Waals surface area contributed by atoms with Crippen molar-refractivity contribution in [1.82, 2.24) is 0 Å². The Morgan fingerprint density at radius 3 is 2.42 bits per heavy atom. The molecule has 6 heteroatoms. The van der Waals surface area contributed by atoms with Crippen LogP contribution in [0.1, 0.15) is 15.9 Å². The number of nitro groups is 1. The molecule has 0 saturated carbocycles. The predicted octanol–water partition coefficient (Wildman–Crippen LogP) is 2.81. The van der Waals surface area contributed by atoms with Crippen molar-refractivity contribution in [2.75, 3.05) is 6.61 Å². The van der Waals surface area contributed by atoms with Gasteiger partial charge in [0.05, 0.1) is 11.5 Å². The molecule has 122 valence electrons. The van der Waals surface area contributed by atoms with E-state index in [2.05, 4.69) is 0 Å². The normalized spacial score (nSPS) is 19.8. The molecule has 1 fully saturated rings. The Morgan fingerprint density at radius 1 is 1.12 bits per heavy atom. The number of hydrogen-bond donors (Lipinski definition) is 0. The van der Waals surface area contributed by atoms with Crippen LogP contribution in [0.3, 0.4) is 0 Å². The molecule has 2 atom stereocenters. The van der Waals surface area contributed by atoms with E-state index in [4.69, 9.17) is 4.74 Å². The number of benzene rings is 2. The second-order valence-electron chi connectivity index (χ2n) is 5.73. The summed E-state index contributed by atoms with van der Waals surface area (Å²) < 4.78 is 5.09. The van der Waals surface area contributed by atoms with E-state index < -0.39 is 16.8 Å². The van der Waals surface area contributed by atoms with Gasteiger partial charge in [0.2, 0.25) is 0 Å². The summed E-state index contributed by atoms with van der Waals surface area (Å²) in [5.41, 5.74) is 1.32. The van der Waals surface area contributed by atoms with E-state index in [1.165, 1.54) is 12.1 Å². The smallest absolute Gasteiger partial charge is 0.317 e. The van der Waals surface area contributed by atoms with Crippen LogP contribution in [0, 0.1) is 22.0 Å². The van der Waals surface area contributed by atoms with Crippen molar-refractivity contribution in [3.63, 3.8) is 0 Å². The maximum atomic E-state index is 12.6. The molecule has 1 aliphatic heterocycles. The van der Waals surface area contributed by atoms with Gasteiger partial charge >= 0.3 is 5.97 Å². The molecule has 0 N–H and O–H groups in total. The highest BCUT2D eigenvalue weighted by molar-refractivity contribution is 6.09. The zero-order chi connectivity index (χ0) is 17.1. The molecule has 2 aromatic carbocycles. The fraction of sp³-hybridized carbons (Fsp3) is 0.222. The first-order valence-corrected chi connectivity index (χ1v) is 7.55. The van der Waals surface area contributed by atoms with Gasteiger partial charge in [-0.2, -0.15) is 0 Å². The number of carbonyl (C=O) groups excluding carboxylic acids is 2. The molecule has 0 spiro atoms. The Labute approximate surface area is 138 Å². The fourth-order valence-electron chi connectivity index (χ4n) is 2.90. The highest BCUT2D eigenvalue weighted by atomic mass is 16.6. The molecular weight excluding hydrogens is 310 g/mol. The van der Waals surface area contributed by atoms with Crippen LogP contribution in [0.5, 0.6) is 0 Å². The van der Waals surface area contributed by atoms with E-state index in [9.17, 15) is 19.7 Å². The third kappa shape index (κ3) is 3.17. The Kier molecular flexibility index (Phi) is 4.37. The van der Waals surface area contributed by atoms with Gasteiger partial charge in [0.15, 0.2) is 5.78 Å². The summed E-state index contributed by atoms with van der Waals surface area (Å²) in [4.78, 5) is 34.8. The number of ether oxygens (including phenoxy) is 1. The number of hydrogen-bond acceptors (Lipinski definition) is 5. The van der Waals surface area contributed by atoms with Crippen molar-refractivity contribution in [3.8, 4) is 0 Å². The van der Waals surface area contributed by atoms with Gasteiger partial charge in [-0.05, 0) is 12.0 Å². The third-order valence-electron chi connectivity index (χ3n) is 4.15. The lowest BCUT2D eigenvalue weighted by atomic mass is 9.84. The molecule has 1 heterocycles. The van der Waals surface area contributed by atoms with Gasteiger partial charge in [-0.15, -0.1) is 0 Å². The highest BCUT2D eigenvalue weighted by Crippen LogP contribution is 2.29. The van der Waals surface area contributed by atoms with Crippen molar-refractivity contribution in [2.24, 2.45) is 11.8 Å². The maximum Gasteiger partial charge on any atom is 0.317 e. The van der Waals surface area contributed by atoms with E-state index in [1.54, 1.807) is 42.5 Å². The van der Waals surface area contributed by atoms with Gasteiger partial charge in [-0.3, -0.25) is 19.7 Å². The van der Waals surface area contributed by atoms with Crippen LogP contribution in [-0.4, -0.2) is 23.3 Å². The highest BCUT2D eigenvalue weighted by Gasteiger charge is 2.42. The summed E-state index contributed by atoms with van der Waals surface area (Å²) in [6, 6.07) is 14.8. The van der Waals surface area contributed by atoms with E-state index in [-0.39, 0.29) is 24.0 Å². The predicted molar refractivity (Wildman–Crippen MR) is 85.5 cm³/mol. The summed E-state index contributed by atoms with van der Waals surface area (Å²) in [5.74, 6) is -1.85. The molecular formula is C18H15NO5. The molecule has 3 rings (SSSR count). The lowest BCUT2D eigenvalue weighted by molar-refractivity contribution is -0.384. The maximum absolute atomic E-state index is 12.6. The number of rotatable bonds is 5. The number of ketones is 1. The Bertz CT molecular complexity index is 770. The van der Waals surface area contributed by atoms with Gasteiger partial charge in [0, 0.05) is 23.6 Å². The molecule has 24 heavy (non-hydrogen) atoms. The molecule has 1 saturated heterocycles. The SMILES string of the molecule is O=C1OC[C@H](Cc2ccc([N+](=O)[O-])cc2)[C@H]1C(=O)c1ccccc1. The molecule has 0 radical (unpaired) electrons. The second-order valence-corrected chi connectivity index (χ2v) is 5.73. The van der Waals surface area contributed by atoms with Crippen LogP contribution in [0.2, 0.25) is 0 Å². The lowest BCUT2D eigenvalue weighted by Crippen LogP contribution is -2.27. The number of non-ortho nitro benzene ring substituents is 1. The monoisotopic (exact) mass is 325 g/mol. The minimum Gasteiger partial charge on any atom is -0.465 e. The molecule has 2 aromatic rings. The number of nitro benzene ring substituents is 1. The minimum absolute atomic E-state index is 0.00871. The average molecular weight is 325 g/mol. The van der Waals surface area contributed by atoms with Crippen molar-refractivity contribution in [2.45, 2.75) is 6.42 Å². The van der Waals surface area contributed by atoms with Crippen LogP contribution in [0.4, 0.5) is 5.69 Å². The number of carbonyl (C=O) groups is 2. The summed E-state index contributed by atoms with van der Waals surface area (Å²) in [6.07, 6.45) is 0.451. The average Bonchev–Trinajstić information content (AvgIpc) is 2.96. The topological polar surface area (TPSA) is 86.5 Å². The van der Waals surface area contributed by atoms with Gasteiger partial charge in [-0.1, -0.05) is 42.5 Å². The third-order valence-corrected chi connectivity index (χ3v) is 4.15. The first kappa shape index (κ1) is 15.9. The Balaban J connectivity index is 1.78. The summed E-state index contributed by atoms with van der Waals surface area (Å²) in [7, 11) is 0. The fourth-order valence-corrected chi connectivity index (χ4v) is 2.90. The number of Topliss-reactive ketones (excluding diaryl/α,β-unsaturated/α-hetero) is 1. The Hall–Kier alpha value is -3.02. The number of esters is 1. The van der Waals surface area contributed by atoms with Crippen LogP contribution < -0.4 is 0 Å². The molecule has 1 aliphatic rings.